The Bertz CT molecular complexity index is 1570. The van der Waals surface area contributed by atoms with Crippen molar-refractivity contribution in [3.8, 4) is 0 Å². The fourth-order valence-electron chi connectivity index (χ4n) is 9.86. The molecule has 4 aliphatic heterocycles. The number of rotatable bonds is 1. The zero-order valence-corrected chi connectivity index (χ0v) is 24.7. The molecule has 5 aliphatic rings. The molecule has 0 amide bonds. The van der Waals surface area contributed by atoms with E-state index in [1.807, 2.05) is 6.20 Å². The number of hydrogen-bond acceptors (Lipinski definition) is 5. The maximum Gasteiger partial charge on any atom is 0.133 e. The van der Waals surface area contributed by atoms with Crippen LogP contribution in [0.1, 0.15) is 76.3 Å². The zero-order chi connectivity index (χ0) is 28.3. The largest absolute Gasteiger partial charge is 0.384 e. The molecule has 2 aromatic heterocycles. The number of benzene rings is 1. The molecular formula is C36H44N4O2. The highest BCUT2D eigenvalue weighted by Crippen LogP contribution is 2.62. The average molecular weight is 565 g/mol. The van der Waals surface area contributed by atoms with Crippen LogP contribution < -0.4 is 0 Å². The first-order chi connectivity index (χ1) is 20.6. The van der Waals surface area contributed by atoms with Gasteiger partial charge < -0.3 is 15.0 Å². The quantitative estimate of drug-likeness (QED) is 0.342. The molecule has 1 spiro atoms. The number of para-hydroxylation sites is 1. The van der Waals surface area contributed by atoms with Crippen LogP contribution in [-0.4, -0.2) is 74.5 Å². The molecule has 220 valence electrons. The third kappa shape index (κ3) is 4.24. The van der Waals surface area contributed by atoms with Crippen LogP contribution in [0, 0.1) is 11.3 Å². The van der Waals surface area contributed by atoms with Crippen molar-refractivity contribution < 1.29 is 9.90 Å². The third-order valence-corrected chi connectivity index (χ3v) is 11.5. The van der Waals surface area contributed by atoms with E-state index in [0.717, 1.165) is 87.9 Å². The van der Waals surface area contributed by atoms with E-state index in [1.54, 1.807) is 0 Å². The van der Waals surface area contributed by atoms with Crippen LogP contribution in [0.25, 0.3) is 27.4 Å². The van der Waals surface area contributed by atoms with E-state index in [0.29, 0.717) is 30.6 Å². The molecule has 2 N–H and O–H groups in total. The molecule has 8 rings (SSSR count). The highest BCUT2D eigenvalue weighted by Gasteiger charge is 2.66. The van der Waals surface area contributed by atoms with E-state index in [9.17, 15) is 9.90 Å². The van der Waals surface area contributed by atoms with Gasteiger partial charge in [-0.1, -0.05) is 30.4 Å². The van der Waals surface area contributed by atoms with Crippen LogP contribution in [0.15, 0.2) is 54.8 Å². The molecule has 0 radical (unpaired) electrons. The predicted molar refractivity (Wildman–Crippen MR) is 168 cm³/mol. The number of fused-ring (bicyclic) bond motifs is 5. The highest BCUT2D eigenvalue weighted by atomic mass is 16.3. The summed E-state index contributed by atoms with van der Waals surface area (Å²) in [5.74, 6) is 0.744. The Morgan fingerprint density at radius 2 is 1.86 bits per heavy atom. The Kier molecular flexibility index (Phi) is 6.65. The van der Waals surface area contributed by atoms with Crippen LogP contribution in [0.5, 0.6) is 0 Å². The van der Waals surface area contributed by atoms with Gasteiger partial charge in [0.25, 0.3) is 0 Å². The van der Waals surface area contributed by atoms with Crippen molar-refractivity contribution in [1.82, 2.24) is 19.8 Å². The van der Waals surface area contributed by atoms with Crippen molar-refractivity contribution in [2.24, 2.45) is 11.3 Å². The molecule has 1 aliphatic carbocycles. The monoisotopic (exact) mass is 564 g/mol. The highest BCUT2D eigenvalue weighted by molar-refractivity contribution is 6.09. The SMILES string of the molecule is O=C1CCCN2C3[C@@]4(C[C@@H]2CC1)CN1CCCC/C=C\CC[C@]3(O)C=C(c2nccc3c2[nH]c2ccccc23)[C@@H]4CC1. The first kappa shape index (κ1) is 26.8. The standard InChI is InChI=1S/C36H44N4O2/c41-26-10-9-20-40-25(13-14-26)22-35-24-39-19-8-4-2-1-3-7-17-36(42,34(35)40)23-29(30(35)16-21-39)32-33-28(15-18-37-32)27-11-5-6-12-31(27)38-33/h1,3,5-6,11-12,15,18,23,25,30,34,38,42H,2,4,7-10,13-14,16-17,19-22,24H2/b3-1-/t25-,30-,34?,35-,36-/m0/s1. The van der Waals surface area contributed by atoms with Crippen molar-refractivity contribution >= 4 is 33.2 Å². The lowest BCUT2D eigenvalue weighted by atomic mass is 9.54. The summed E-state index contributed by atoms with van der Waals surface area (Å²) in [6, 6.07) is 11.1. The molecule has 3 aromatic rings. The molecule has 1 aromatic carbocycles. The van der Waals surface area contributed by atoms with E-state index < -0.39 is 5.60 Å². The number of carbonyl (C=O) groups is 1. The summed E-state index contributed by atoms with van der Waals surface area (Å²) >= 11 is 0. The van der Waals surface area contributed by atoms with E-state index in [2.05, 4.69) is 63.3 Å². The lowest BCUT2D eigenvalue weighted by Gasteiger charge is -2.58. The van der Waals surface area contributed by atoms with Crippen LogP contribution in [0.2, 0.25) is 0 Å². The molecular weight excluding hydrogens is 520 g/mol. The van der Waals surface area contributed by atoms with E-state index in [4.69, 9.17) is 4.98 Å². The van der Waals surface area contributed by atoms with Crippen molar-refractivity contribution in [2.75, 3.05) is 26.2 Å². The Morgan fingerprint density at radius 3 is 2.81 bits per heavy atom. The summed E-state index contributed by atoms with van der Waals surface area (Å²) in [7, 11) is 0. The number of H-pyrrole nitrogens is 1. The van der Waals surface area contributed by atoms with Crippen molar-refractivity contribution in [3.63, 3.8) is 0 Å². The van der Waals surface area contributed by atoms with Crippen LogP contribution in [0.3, 0.4) is 0 Å². The zero-order valence-electron chi connectivity index (χ0n) is 24.7. The second-order valence-electron chi connectivity index (χ2n) is 13.9. The van der Waals surface area contributed by atoms with Gasteiger partial charge in [-0.25, -0.2) is 0 Å². The number of pyridine rings is 1. The summed E-state index contributed by atoms with van der Waals surface area (Å²) in [5.41, 5.74) is 3.47. The lowest BCUT2D eigenvalue weighted by molar-refractivity contribution is -0.120. The second-order valence-corrected chi connectivity index (χ2v) is 13.9. The van der Waals surface area contributed by atoms with Gasteiger partial charge in [-0.3, -0.25) is 14.7 Å². The summed E-state index contributed by atoms with van der Waals surface area (Å²) < 4.78 is 0. The predicted octanol–water partition coefficient (Wildman–Crippen LogP) is 6.26. The summed E-state index contributed by atoms with van der Waals surface area (Å²) in [4.78, 5) is 26.8. The first-order valence-electron chi connectivity index (χ1n) is 16.5. The van der Waals surface area contributed by atoms with Crippen molar-refractivity contribution in [3.05, 3.63) is 60.5 Å². The average Bonchev–Trinajstić information content (AvgIpc) is 3.51. The number of aliphatic hydroxyl groups is 1. The Labute approximate surface area is 248 Å². The van der Waals surface area contributed by atoms with Gasteiger partial charge >= 0.3 is 0 Å². The number of ketones is 1. The molecule has 2 unspecified atom stereocenters. The number of Topliss-reactive ketones (excluding diaryl/α,β-unsaturated/α-hetero) is 1. The summed E-state index contributed by atoms with van der Waals surface area (Å²) in [6.07, 6.45) is 19.4. The number of allylic oxidation sites excluding steroid dienone is 3. The van der Waals surface area contributed by atoms with Gasteiger partial charge in [0.15, 0.2) is 0 Å². The van der Waals surface area contributed by atoms with Crippen LogP contribution >= 0.6 is 0 Å². The van der Waals surface area contributed by atoms with Gasteiger partial charge in [0.2, 0.25) is 0 Å². The van der Waals surface area contributed by atoms with E-state index in [1.165, 1.54) is 29.2 Å². The van der Waals surface area contributed by atoms with Crippen LogP contribution in [-0.2, 0) is 4.79 Å². The number of nitrogens with one attached hydrogen (secondary N) is 1. The number of carbonyl (C=O) groups excluding carboxylic acids is 1. The van der Waals surface area contributed by atoms with Crippen molar-refractivity contribution in [1.29, 1.82) is 0 Å². The molecule has 3 bridgehead atoms. The van der Waals surface area contributed by atoms with Gasteiger partial charge in [-0.05, 0) is 107 Å². The lowest BCUT2D eigenvalue weighted by Crippen LogP contribution is -2.65. The Balaban J connectivity index is 1.33. The molecule has 6 heterocycles. The molecule has 3 fully saturated rings. The minimum absolute atomic E-state index is 0.0656. The molecule has 0 saturated carbocycles. The van der Waals surface area contributed by atoms with Crippen molar-refractivity contribution in [2.45, 2.75) is 88.3 Å². The fraction of sp³-hybridized carbons (Fsp3) is 0.556. The first-order valence-corrected chi connectivity index (χ1v) is 16.5. The number of nitrogens with zero attached hydrogens (tertiary/aromatic N) is 3. The van der Waals surface area contributed by atoms with E-state index >= 15 is 0 Å². The molecule has 6 heteroatoms. The third-order valence-electron chi connectivity index (χ3n) is 11.5. The topological polar surface area (TPSA) is 72.5 Å². The van der Waals surface area contributed by atoms with Gasteiger partial charge in [0, 0.05) is 59.4 Å². The summed E-state index contributed by atoms with van der Waals surface area (Å²) in [5, 5.41) is 15.5. The summed E-state index contributed by atoms with van der Waals surface area (Å²) in [6.45, 7) is 4.16. The minimum atomic E-state index is -0.957. The number of aromatic amines is 1. The maximum atomic E-state index is 13.1. The van der Waals surface area contributed by atoms with E-state index in [-0.39, 0.29) is 11.5 Å². The van der Waals surface area contributed by atoms with Gasteiger partial charge in [0.1, 0.15) is 5.78 Å². The van der Waals surface area contributed by atoms with Crippen LogP contribution in [0.4, 0.5) is 0 Å². The molecule has 6 nitrogen and oxygen atoms in total. The number of hydrogen-bond donors (Lipinski definition) is 2. The smallest absolute Gasteiger partial charge is 0.133 e. The Hall–Kier alpha value is -2.80. The number of aromatic nitrogens is 2. The molecule has 6 atom stereocenters. The van der Waals surface area contributed by atoms with Gasteiger partial charge in [-0.15, -0.1) is 0 Å². The second kappa shape index (κ2) is 10.4. The van der Waals surface area contributed by atoms with Gasteiger partial charge in [-0.2, -0.15) is 0 Å². The molecule has 42 heavy (non-hydrogen) atoms. The number of piperidine rings is 1. The Morgan fingerprint density at radius 1 is 0.952 bits per heavy atom. The minimum Gasteiger partial charge on any atom is -0.384 e. The normalized spacial score (nSPS) is 36.7. The fourth-order valence-corrected chi connectivity index (χ4v) is 9.86. The van der Waals surface area contributed by atoms with Gasteiger partial charge in [0.05, 0.1) is 16.8 Å². The molecule has 3 saturated heterocycles. The maximum absolute atomic E-state index is 13.1.